The maximum atomic E-state index is 14.0. The van der Waals surface area contributed by atoms with Crippen molar-refractivity contribution in [2.24, 2.45) is 0 Å². The fourth-order valence-electron chi connectivity index (χ4n) is 14.2. The number of halogens is 12. The molecule has 0 radical (unpaired) electrons. The fraction of sp³-hybridized carbons (Fsp3) is 0.318. The number of piperidine rings is 1. The van der Waals surface area contributed by atoms with Gasteiger partial charge in [0.25, 0.3) is 0 Å². The number of aromatic amines is 1. The molecule has 4 atom stereocenters. The van der Waals surface area contributed by atoms with E-state index in [0.29, 0.717) is 110 Å². The van der Waals surface area contributed by atoms with Crippen LogP contribution < -0.4 is 41.9 Å². The summed E-state index contributed by atoms with van der Waals surface area (Å²) in [5.74, 6) is 0.294. The Hall–Kier alpha value is -11.1. The van der Waals surface area contributed by atoms with Crippen molar-refractivity contribution in [3.63, 3.8) is 0 Å². The molecule has 0 saturated carbocycles. The third-order valence-electron chi connectivity index (χ3n) is 21.2. The highest BCUT2D eigenvalue weighted by molar-refractivity contribution is 6.38. The van der Waals surface area contributed by atoms with Crippen LogP contribution in [0.1, 0.15) is 118 Å². The number of methoxy groups -OCH3 is 1. The number of amides is 1. The van der Waals surface area contributed by atoms with Gasteiger partial charge in [0.15, 0.2) is 52.1 Å². The summed E-state index contributed by atoms with van der Waals surface area (Å²) in [6, 6.07) is 18.4. The summed E-state index contributed by atoms with van der Waals surface area (Å²) in [6.07, 6.45) is 19.9. The topological polar surface area (TPSA) is 384 Å². The number of β-amino-alcohol motifs (C(OH)–C–C–N with tert-alkyl or cyclic N) is 1. The number of nitrogens with one attached hydrogen (secondary N) is 1. The molecule has 3 fully saturated rings. The fourth-order valence-corrected chi connectivity index (χ4v) is 16.9. The van der Waals surface area contributed by atoms with E-state index in [1.807, 2.05) is 32.6 Å². The molecule has 13 aromatic rings. The molecule has 4 aromatic carbocycles. The number of ether oxygens (including phenoxy) is 6. The predicted molar refractivity (Wildman–Crippen MR) is 481 cm³/mol. The molecule has 4 unspecified atom stereocenters. The highest BCUT2D eigenvalue weighted by Gasteiger charge is 2.33. The van der Waals surface area contributed by atoms with Gasteiger partial charge in [0.1, 0.15) is 54.2 Å². The van der Waals surface area contributed by atoms with Gasteiger partial charge in [0.05, 0.1) is 82.8 Å². The van der Waals surface area contributed by atoms with E-state index < -0.39 is 47.7 Å². The van der Waals surface area contributed by atoms with Gasteiger partial charge in [-0.05, 0) is 120 Å². The number of nitrogen functional groups attached to an aromatic ring is 4. The lowest BCUT2D eigenvalue weighted by atomic mass is 10.1. The molecule has 674 valence electrons. The Balaban J connectivity index is 0.000000146. The Morgan fingerprint density at radius 3 is 1.14 bits per heavy atom. The molecule has 0 bridgehead atoms. The summed E-state index contributed by atoms with van der Waals surface area (Å²) in [5.41, 5.74) is 31.9. The molecule has 0 aliphatic carbocycles. The summed E-state index contributed by atoms with van der Waals surface area (Å²) >= 11 is 49.2. The average molecular weight is 1920 g/mol. The van der Waals surface area contributed by atoms with E-state index in [-0.39, 0.29) is 68.1 Å². The summed E-state index contributed by atoms with van der Waals surface area (Å²) in [7, 11) is 1.71. The second-order valence-electron chi connectivity index (χ2n) is 29.8. The number of benzene rings is 4. The van der Waals surface area contributed by atoms with Gasteiger partial charge in [-0.2, -0.15) is 25.6 Å². The lowest BCUT2D eigenvalue weighted by Crippen LogP contribution is -2.48. The van der Waals surface area contributed by atoms with Crippen LogP contribution in [0.4, 0.5) is 45.6 Å². The van der Waals surface area contributed by atoms with Crippen molar-refractivity contribution in [1.82, 2.24) is 94.4 Å². The Bertz CT molecular complexity index is 6020. The number of nitrogens with zero attached hydrogens (tertiary/aromatic N) is 18. The second-order valence-corrected chi connectivity index (χ2v) is 33.0. The Labute approximate surface area is 772 Å². The number of hydrogen-bond donors (Lipinski definition) is 6. The van der Waals surface area contributed by atoms with Gasteiger partial charge in [-0.3, -0.25) is 28.5 Å². The van der Waals surface area contributed by atoms with Crippen LogP contribution in [0.3, 0.4) is 0 Å². The molecule has 3 aliphatic rings. The summed E-state index contributed by atoms with van der Waals surface area (Å²) < 4.78 is 97.1. The van der Waals surface area contributed by atoms with Crippen LogP contribution in [-0.4, -0.2) is 185 Å². The summed E-state index contributed by atoms with van der Waals surface area (Å²) in [5, 5.41) is 41.3. The first kappa shape index (κ1) is 94.5. The summed E-state index contributed by atoms with van der Waals surface area (Å²) in [4.78, 5) is 35.0. The number of aliphatic hydroxyl groups is 1. The quantitative estimate of drug-likeness (QED) is 0.0206. The number of rotatable bonds is 27. The van der Waals surface area contributed by atoms with Gasteiger partial charge >= 0.3 is 6.09 Å². The molecule has 12 heterocycles. The predicted octanol–water partition coefficient (Wildman–Crippen LogP) is 18.2. The Kier molecular flexibility index (Phi) is 31.7. The molecule has 128 heavy (non-hydrogen) atoms. The minimum atomic E-state index is -0.669. The maximum Gasteiger partial charge on any atom is 0.409 e. The van der Waals surface area contributed by atoms with Crippen molar-refractivity contribution in [3.05, 3.63) is 239 Å². The van der Waals surface area contributed by atoms with Gasteiger partial charge in [0, 0.05) is 196 Å². The van der Waals surface area contributed by atoms with Gasteiger partial charge in [-0.25, -0.2) is 42.3 Å². The highest BCUT2D eigenvalue weighted by Crippen LogP contribution is 2.44. The van der Waals surface area contributed by atoms with Crippen LogP contribution in [0, 0.1) is 23.3 Å². The molecule has 3 saturated heterocycles. The lowest BCUT2D eigenvalue weighted by Gasteiger charge is -2.38. The van der Waals surface area contributed by atoms with E-state index in [0.717, 1.165) is 96.7 Å². The van der Waals surface area contributed by atoms with Gasteiger partial charge in [-0.1, -0.05) is 98.0 Å². The van der Waals surface area contributed by atoms with Crippen molar-refractivity contribution < 1.29 is 55.9 Å². The van der Waals surface area contributed by atoms with E-state index in [1.165, 1.54) is 48.5 Å². The van der Waals surface area contributed by atoms with Crippen LogP contribution in [0.2, 0.25) is 40.2 Å². The first-order valence-electron chi connectivity index (χ1n) is 40.0. The minimum Gasteiger partial charge on any atom is -0.482 e. The number of carbonyl (C=O) groups is 1. The van der Waals surface area contributed by atoms with Crippen LogP contribution in [0.5, 0.6) is 23.0 Å². The first-order valence-corrected chi connectivity index (χ1v) is 43.0. The zero-order valence-corrected chi connectivity index (χ0v) is 75.5. The average Bonchev–Trinajstić information content (AvgIpc) is 1.63. The number of pyridine rings is 4. The standard InChI is InChI=1S/C24H26Cl2FN5O3.C22H24Cl2FN5O2.C21H22Cl2FN5O2.C18H15Cl2FN8O/c1-3-34-24(33)31-8-6-17(7-9-31)32-13-16(12-30-32)15-10-20(23(28)29-11-15)35-14(2)21-18(25)4-5-19(27)22(21)26;1-13(20-17(23)3-4-18(25)21(20)24)32-19-7-14(8-27-22(19)26)15-9-28-30(10-15)16-11-29(12-16)5-6-31-2;1-12(19-16(22)2-3-17(24)20(19)23)31-18-6-13(7-26-21(18)25)14-8-27-29(9-14)15-10-28(11-15)4-5-30;1-9(16-12(19)2-3-13(21)17(16)20)30-14-4-10(5-23-18(14)22)11-6-24-29(7-11)8-15-25-27-28-26-15/h4-5,10-14,17H,3,6-9H2,1-2H3,(H2,28,29);3-4,7-10,13,16H,5-6,11-12H2,1-2H3,(H2,26,27);2-3,6-9,12,15,30H,4-5,10-11H2,1H3,(H2,25,26);2-7,9H,8H2,1H3,(H2,22,23)(H,25,26,27,28). The number of carbonyl (C=O) groups excluding carboxylic acids is 1. The number of nitrogens with two attached hydrogens (primary N) is 4. The van der Waals surface area contributed by atoms with Crippen molar-refractivity contribution >= 4 is 122 Å². The molecule has 3 aliphatic heterocycles. The monoisotopic (exact) mass is 1910 g/mol. The highest BCUT2D eigenvalue weighted by atomic mass is 35.5. The van der Waals surface area contributed by atoms with E-state index in [1.54, 1.807) is 131 Å². The normalized spacial score (nSPS) is 14.7. The zero-order chi connectivity index (χ0) is 91.3. The van der Waals surface area contributed by atoms with E-state index in [9.17, 15) is 22.4 Å². The van der Waals surface area contributed by atoms with Gasteiger partial charge in [-0.15, -0.1) is 10.2 Å². The van der Waals surface area contributed by atoms with Crippen LogP contribution in [0.25, 0.3) is 44.5 Å². The lowest BCUT2D eigenvalue weighted by molar-refractivity contribution is 0.0645. The third-order valence-corrected chi connectivity index (χ3v) is 24.0. The number of aliphatic hydroxyl groups excluding tert-OH is 1. The Morgan fingerprint density at radius 2 is 0.812 bits per heavy atom. The van der Waals surface area contributed by atoms with Crippen molar-refractivity contribution in [1.29, 1.82) is 0 Å². The number of tetrazole rings is 1. The number of anilines is 4. The first-order chi connectivity index (χ1) is 61.4. The Morgan fingerprint density at radius 1 is 0.477 bits per heavy atom. The maximum absolute atomic E-state index is 14.0. The van der Waals surface area contributed by atoms with E-state index in [4.69, 9.17) is 149 Å². The SMILES string of the molecule is CC(Oc1cc(-c2cnn(C3CN(CCO)C3)c2)cnc1N)c1c(Cl)ccc(F)c1Cl.CC(Oc1cc(-c2cnn(Cc3nn[nH]n3)c2)cnc1N)c1c(Cl)ccc(F)c1Cl.CCOC(=O)N1CCC(n2cc(-c3cnc(N)c(OC(C)c4c(Cl)ccc(F)c4Cl)c3)cn2)CC1.COCCN1CC(n2cc(-c3cnc(N)c(OC(C)c4c(Cl)ccc(F)c4Cl)c3)cn2)C1. The third kappa shape index (κ3) is 22.8. The smallest absolute Gasteiger partial charge is 0.409 e. The molecule has 10 N–H and O–H groups in total. The van der Waals surface area contributed by atoms with Crippen molar-refractivity contribution in [2.75, 3.05) is 102 Å². The van der Waals surface area contributed by atoms with Crippen LogP contribution >= 0.6 is 92.8 Å². The van der Waals surface area contributed by atoms with E-state index in [2.05, 4.69) is 70.8 Å². The van der Waals surface area contributed by atoms with Gasteiger partial charge < -0.3 is 61.4 Å². The number of H-pyrrole nitrogens is 1. The molecule has 0 spiro atoms. The molecular weight excluding hydrogens is 1830 g/mol. The van der Waals surface area contributed by atoms with Crippen LogP contribution in [0.15, 0.2) is 147 Å². The number of aromatic nitrogens is 16. The molecular formula is C85H87Cl8F4N23O8. The molecule has 43 heteroatoms. The largest absolute Gasteiger partial charge is 0.482 e. The molecule has 31 nitrogen and oxygen atoms in total. The molecule has 9 aromatic heterocycles. The minimum absolute atomic E-state index is 0.0750. The number of likely N-dealkylation sites (tertiary alicyclic amines) is 3. The van der Waals surface area contributed by atoms with E-state index >= 15 is 0 Å². The van der Waals surface area contributed by atoms with Crippen molar-refractivity contribution in [3.8, 4) is 67.5 Å². The second kappa shape index (κ2) is 42.9. The van der Waals surface area contributed by atoms with Crippen LogP contribution in [-0.2, 0) is 16.0 Å². The summed E-state index contributed by atoms with van der Waals surface area (Å²) in [6.45, 7) is 16.6. The number of hydrogen-bond acceptors (Lipinski definition) is 25. The van der Waals surface area contributed by atoms with Crippen molar-refractivity contribution in [2.45, 2.75) is 96.5 Å². The zero-order valence-electron chi connectivity index (χ0n) is 69.5. The van der Waals surface area contributed by atoms with Gasteiger partial charge in [0.2, 0.25) is 0 Å². The molecule has 16 rings (SSSR count). The molecule has 1 amide bonds.